The zero-order chi connectivity index (χ0) is 22.2. The van der Waals surface area contributed by atoms with E-state index < -0.39 is 48.4 Å². The van der Waals surface area contributed by atoms with Gasteiger partial charge < -0.3 is 15.4 Å². The van der Waals surface area contributed by atoms with Gasteiger partial charge in [-0.15, -0.1) is 0 Å². The van der Waals surface area contributed by atoms with E-state index in [-0.39, 0.29) is 12.0 Å². The van der Waals surface area contributed by atoms with Crippen LogP contribution in [0, 0.1) is 18.6 Å². The summed E-state index contributed by atoms with van der Waals surface area (Å²) in [5.41, 5.74) is -0.753. The molecule has 5 nitrogen and oxygen atoms in total. The monoisotopic (exact) mass is 433 g/mol. The predicted octanol–water partition coefficient (Wildman–Crippen LogP) is 5.14. The molecule has 1 aliphatic heterocycles. The van der Waals surface area contributed by atoms with Crippen LogP contribution >= 0.6 is 0 Å². The molecule has 0 spiro atoms. The van der Waals surface area contributed by atoms with Crippen molar-refractivity contribution in [3.63, 3.8) is 0 Å². The molecule has 9 heteroatoms. The number of nitrogens with zero attached hydrogens (tertiary/aromatic N) is 1. The van der Waals surface area contributed by atoms with Gasteiger partial charge in [0, 0.05) is 40.7 Å². The highest BCUT2D eigenvalue weighted by Gasteiger charge is 2.44. The van der Waals surface area contributed by atoms with E-state index in [2.05, 4.69) is 15.6 Å². The Morgan fingerprint density at radius 2 is 2.00 bits per heavy atom. The second-order valence-corrected chi connectivity index (χ2v) is 7.57. The van der Waals surface area contributed by atoms with Crippen LogP contribution in [0.15, 0.2) is 42.6 Å². The molecule has 0 aliphatic carbocycles. The maximum Gasteiger partial charge on any atom is 0.319 e. The molecule has 0 saturated carbocycles. The predicted molar refractivity (Wildman–Crippen MR) is 108 cm³/mol. The Balaban J connectivity index is 1.64. The summed E-state index contributed by atoms with van der Waals surface area (Å²) >= 11 is 0. The molecule has 0 bridgehead atoms. The summed E-state index contributed by atoms with van der Waals surface area (Å²) in [6.07, 6.45) is 1.34. The minimum atomic E-state index is -1.97. The molecular weight excluding hydrogens is 414 g/mol. The highest BCUT2D eigenvalue weighted by molar-refractivity contribution is 6.01. The molecule has 0 radical (unpaired) electrons. The van der Waals surface area contributed by atoms with Gasteiger partial charge in [-0.05, 0) is 25.1 Å². The molecular formula is C22H19F4N3O2. The first-order valence-electron chi connectivity index (χ1n) is 9.57. The van der Waals surface area contributed by atoms with E-state index in [1.807, 2.05) is 13.0 Å². The number of amides is 2. The van der Waals surface area contributed by atoms with Crippen LogP contribution in [0.25, 0.3) is 10.8 Å². The van der Waals surface area contributed by atoms with E-state index in [4.69, 9.17) is 4.74 Å². The summed E-state index contributed by atoms with van der Waals surface area (Å²) in [6.45, 7) is -0.670. The molecule has 1 aromatic heterocycles. The normalized spacial score (nSPS) is 17.0. The number of nitrogens with one attached hydrogen (secondary N) is 2. The third kappa shape index (κ3) is 3.99. The fourth-order valence-corrected chi connectivity index (χ4v) is 3.71. The number of aryl methyl sites for hydroxylation is 1. The summed E-state index contributed by atoms with van der Waals surface area (Å²) in [4.78, 5) is 16.9. The van der Waals surface area contributed by atoms with Crippen LogP contribution in [0.5, 0.6) is 5.75 Å². The summed E-state index contributed by atoms with van der Waals surface area (Å²) in [5.74, 6) is -2.46. The number of halogens is 4. The Morgan fingerprint density at radius 3 is 2.74 bits per heavy atom. The molecule has 3 aromatic rings. The number of pyridine rings is 1. The maximum absolute atomic E-state index is 14.3. The molecule has 1 aliphatic rings. The highest BCUT2D eigenvalue weighted by Crippen LogP contribution is 2.42. The van der Waals surface area contributed by atoms with E-state index in [0.29, 0.717) is 11.8 Å². The van der Waals surface area contributed by atoms with E-state index in [0.717, 1.165) is 22.5 Å². The number of anilines is 1. The first-order valence-corrected chi connectivity index (χ1v) is 9.57. The van der Waals surface area contributed by atoms with Gasteiger partial charge in [-0.3, -0.25) is 4.98 Å². The average molecular weight is 433 g/mol. The Bertz CT molecular complexity index is 1150. The summed E-state index contributed by atoms with van der Waals surface area (Å²) < 4.78 is 60.5. The van der Waals surface area contributed by atoms with Gasteiger partial charge in [-0.1, -0.05) is 12.1 Å². The number of carbonyl (C=O) groups excluding carboxylic acids is 1. The van der Waals surface area contributed by atoms with Crippen LogP contribution in [0.4, 0.5) is 28.0 Å². The van der Waals surface area contributed by atoms with Crippen LogP contribution < -0.4 is 15.4 Å². The van der Waals surface area contributed by atoms with E-state index in [1.54, 1.807) is 24.4 Å². The average Bonchev–Trinajstić information content (AvgIpc) is 2.74. The Kier molecular flexibility index (Phi) is 5.43. The lowest BCUT2D eigenvalue weighted by Gasteiger charge is -2.39. The first kappa shape index (κ1) is 20.9. The fourth-order valence-electron chi connectivity index (χ4n) is 3.71. The number of hydrogen-bond donors (Lipinski definition) is 2. The molecule has 0 unspecified atom stereocenters. The molecule has 2 N–H and O–H groups in total. The molecule has 4 rings (SSSR count). The van der Waals surface area contributed by atoms with Crippen LogP contribution in [-0.2, 0) is 0 Å². The highest BCUT2D eigenvalue weighted by atomic mass is 19.1. The van der Waals surface area contributed by atoms with Gasteiger partial charge in [0.15, 0.2) is 17.2 Å². The number of carbonyl (C=O) groups is 1. The zero-order valence-electron chi connectivity index (χ0n) is 16.5. The van der Waals surface area contributed by atoms with Crippen molar-refractivity contribution in [2.45, 2.75) is 25.0 Å². The largest absolute Gasteiger partial charge is 0.478 e. The van der Waals surface area contributed by atoms with E-state index >= 15 is 0 Å². The quantitative estimate of drug-likeness (QED) is 0.560. The zero-order valence-corrected chi connectivity index (χ0v) is 16.5. The van der Waals surface area contributed by atoms with E-state index in [9.17, 15) is 22.4 Å². The van der Waals surface area contributed by atoms with Crippen molar-refractivity contribution < 1.29 is 27.1 Å². The number of aromatic nitrogens is 1. The van der Waals surface area contributed by atoms with Gasteiger partial charge in [0.2, 0.25) is 0 Å². The van der Waals surface area contributed by atoms with Crippen LogP contribution in [0.3, 0.4) is 0 Å². The topological polar surface area (TPSA) is 63.2 Å². The summed E-state index contributed by atoms with van der Waals surface area (Å²) in [5, 5.41) is 6.81. The Morgan fingerprint density at radius 1 is 1.23 bits per heavy atom. The lowest BCUT2D eigenvalue weighted by atomic mass is 9.88. The molecule has 0 saturated heterocycles. The van der Waals surface area contributed by atoms with Crippen molar-refractivity contribution in [3.05, 3.63) is 65.5 Å². The van der Waals surface area contributed by atoms with Gasteiger partial charge in [-0.2, -0.15) is 0 Å². The van der Waals surface area contributed by atoms with Crippen molar-refractivity contribution in [2.75, 3.05) is 18.7 Å². The van der Waals surface area contributed by atoms with Crippen molar-refractivity contribution in [1.29, 1.82) is 0 Å². The van der Waals surface area contributed by atoms with Crippen LogP contribution in [-0.4, -0.2) is 30.0 Å². The Labute approximate surface area is 175 Å². The van der Waals surface area contributed by atoms with Crippen LogP contribution in [0.1, 0.15) is 23.7 Å². The standard InChI is InChI=1S/C22H19F4N3O2/c1-12-5-15-13(9-27-12)3-2-4-18(15)28-21(30)29-19-8-22(10-23,11-24)31-20-16(19)6-14(25)7-17(20)26/h2-7,9,19H,8,10-11H2,1H3,(H2,28,29,30)/t19-/m1/s1. The SMILES string of the molecule is Cc1cc2c(NC(=O)N[C@@H]3CC(CF)(CF)Oc4c(F)cc(F)cc43)cccc2cn1. The van der Waals surface area contributed by atoms with Gasteiger partial charge in [0.05, 0.1) is 11.7 Å². The molecule has 1 atom stereocenters. The van der Waals surface area contributed by atoms with Gasteiger partial charge in [0.25, 0.3) is 0 Å². The number of hydrogen-bond acceptors (Lipinski definition) is 3. The molecule has 2 amide bonds. The minimum absolute atomic E-state index is 0.0249. The number of rotatable bonds is 4. The minimum Gasteiger partial charge on any atom is -0.478 e. The molecule has 0 fully saturated rings. The lowest BCUT2D eigenvalue weighted by molar-refractivity contribution is -0.0139. The van der Waals surface area contributed by atoms with Crippen molar-refractivity contribution in [2.24, 2.45) is 0 Å². The van der Waals surface area contributed by atoms with Crippen molar-refractivity contribution in [3.8, 4) is 5.75 Å². The molecule has 162 valence electrons. The van der Waals surface area contributed by atoms with Gasteiger partial charge in [-0.25, -0.2) is 22.4 Å². The van der Waals surface area contributed by atoms with E-state index in [1.165, 1.54) is 0 Å². The second kappa shape index (κ2) is 8.05. The molecule has 2 heterocycles. The van der Waals surface area contributed by atoms with Gasteiger partial charge >= 0.3 is 6.03 Å². The third-order valence-electron chi connectivity index (χ3n) is 5.25. The maximum atomic E-state index is 14.3. The fraction of sp³-hybridized carbons (Fsp3) is 0.273. The summed E-state index contributed by atoms with van der Waals surface area (Å²) in [7, 11) is 0. The molecule has 2 aromatic carbocycles. The lowest BCUT2D eigenvalue weighted by Crippen LogP contribution is -2.49. The smallest absolute Gasteiger partial charge is 0.319 e. The Hall–Kier alpha value is -3.36. The van der Waals surface area contributed by atoms with Crippen molar-refractivity contribution >= 4 is 22.5 Å². The number of fused-ring (bicyclic) bond motifs is 2. The number of ether oxygens (including phenoxy) is 1. The van der Waals surface area contributed by atoms with Gasteiger partial charge in [0.1, 0.15) is 19.2 Å². The summed E-state index contributed by atoms with van der Waals surface area (Å²) in [6, 6.07) is 6.84. The second-order valence-electron chi connectivity index (χ2n) is 7.57. The number of urea groups is 1. The number of benzene rings is 2. The van der Waals surface area contributed by atoms with Crippen LogP contribution in [0.2, 0.25) is 0 Å². The number of alkyl halides is 2. The third-order valence-corrected chi connectivity index (χ3v) is 5.25. The first-order chi connectivity index (χ1) is 14.8. The van der Waals surface area contributed by atoms with Crippen molar-refractivity contribution in [1.82, 2.24) is 10.3 Å². The molecule has 31 heavy (non-hydrogen) atoms.